The van der Waals surface area contributed by atoms with Crippen molar-refractivity contribution < 1.29 is 19.4 Å². The highest BCUT2D eigenvalue weighted by molar-refractivity contribution is 5.95. The van der Waals surface area contributed by atoms with E-state index in [4.69, 9.17) is 4.74 Å². The van der Waals surface area contributed by atoms with Gasteiger partial charge in [0.25, 0.3) is 5.91 Å². The fraction of sp³-hybridized carbons (Fsp3) is 0.300. The molecule has 0 bridgehead atoms. The van der Waals surface area contributed by atoms with Crippen LogP contribution in [0.1, 0.15) is 34.0 Å². The van der Waals surface area contributed by atoms with Gasteiger partial charge in [0, 0.05) is 13.1 Å². The molecule has 0 spiro atoms. The Bertz CT molecular complexity index is 815. The molecule has 0 aliphatic carbocycles. The number of phenols is 1. The highest BCUT2D eigenvalue weighted by atomic mass is 16.5. The lowest BCUT2D eigenvalue weighted by atomic mass is 9.99. The van der Waals surface area contributed by atoms with Gasteiger partial charge in [-0.15, -0.1) is 0 Å². The molecule has 0 aromatic heterocycles. The van der Waals surface area contributed by atoms with Crippen LogP contribution in [0.5, 0.6) is 5.75 Å². The Morgan fingerprint density at radius 3 is 2.60 bits per heavy atom. The Morgan fingerprint density at radius 1 is 1.12 bits per heavy atom. The van der Waals surface area contributed by atoms with Crippen LogP contribution in [-0.2, 0) is 22.5 Å². The molecule has 130 valence electrons. The fourth-order valence-electron chi connectivity index (χ4n) is 3.04. The van der Waals surface area contributed by atoms with E-state index < -0.39 is 12.1 Å². The van der Waals surface area contributed by atoms with Gasteiger partial charge in [0.15, 0.2) is 6.10 Å². The van der Waals surface area contributed by atoms with E-state index in [0.29, 0.717) is 18.7 Å². The van der Waals surface area contributed by atoms with E-state index in [9.17, 15) is 14.7 Å². The van der Waals surface area contributed by atoms with Crippen LogP contribution in [0.4, 0.5) is 0 Å². The number of nitrogens with zero attached hydrogens (tertiary/aromatic N) is 1. The van der Waals surface area contributed by atoms with Gasteiger partial charge < -0.3 is 14.7 Å². The third-order valence-electron chi connectivity index (χ3n) is 4.53. The summed E-state index contributed by atoms with van der Waals surface area (Å²) in [7, 11) is 0. The van der Waals surface area contributed by atoms with Crippen LogP contribution in [0.2, 0.25) is 0 Å². The standard InChI is InChI=1S/C20H21NO4/c1-13-6-5-9-17(18(13)22)20(24)25-14(2)19(23)21-11-10-15-7-3-4-8-16(15)12-21/h3-9,14,22H,10-12H2,1-2H3/t14-/m0/s1. The van der Waals surface area contributed by atoms with Crippen LogP contribution >= 0.6 is 0 Å². The summed E-state index contributed by atoms with van der Waals surface area (Å²) in [5.74, 6) is -1.03. The van der Waals surface area contributed by atoms with Gasteiger partial charge >= 0.3 is 5.97 Å². The lowest BCUT2D eigenvalue weighted by molar-refractivity contribution is -0.140. The number of rotatable bonds is 3. The maximum absolute atomic E-state index is 12.6. The molecule has 0 saturated carbocycles. The largest absolute Gasteiger partial charge is 0.507 e. The molecular formula is C20H21NO4. The summed E-state index contributed by atoms with van der Waals surface area (Å²) in [6, 6.07) is 12.9. The second-order valence-corrected chi connectivity index (χ2v) is 6.30. The molecule has 25 heavy (non-hydrogen) atoms. The molecular weight excluding hydrogens is 318 g/mol. The van der Waals surface area contributed by atoms with Gasteiger partial charge in [-0.1, -0.05) is 36.4 Å². The van der Waals surface area contributed by atoms with Crippen LogP contribution < -0.4 is 0 Å². The molecule has 1 atom stereocenters. The van der Waals surface area contributed by atoms with Crippen molar-refractivity contribution in [2.24, 2.45) is 0 Å². The number of phenolic OH excluding ortho intramolecular Hbond substituents is 1. The van der Waals surface area contributed by atoms with Gasteiger partial charge in [-0.2, -0.15) is 0 Å². The first-order chi connectivity index (χ1) is 12.0. The van der Waals surface area contributed by atoms with Crippen molar-refractivity contribution in [1.82, 2.24) is 4.90 Å². The monoisotopic (exact) mass is 339 g/mol. The van der Waals surface area contributed by atoms with E-state index in [1.807, 2.05) is 18.2 Å². The summed E-state index contributed by atoms with van der Waals surface area (Å²) in [6.07, 6.45) is -0.112. The zero-order valence-electron chi connectivity index (χ0n) is 14.4. The Morgan fingerprint density at radius 2 is 1.84 bits per heavy atom. The first-order valence-electron chi connectivity index (χ1n) is 8.32. The summed E-state index contributed by atoms with van der Waals surface area (Å²) >= 11 is 0. The molecule has 1 aliphatic rings. The number of carbonyl (C=O) groups is 2. The SMILES string of the molecule is Cc1cccc(C(=O)O[C@@H](C)C(=O)N2CCc3ccccc3C2)c1O. The molecule has 0 radical (unpaired) electrons. The summed E-state index contributed by atoms with van der Waals surface area (Å²) in [4.78, 5) is 26.6. The molecule has 1 heterocycles. The van der Waals surface area contributed by atoms with Crippen LogP contribution in [0.15, 0.2) is 42.5 Å². The highest BCUT2D eigenvalue weighted by Gasteiger charge is 2.28. The van der Waals surface area contributed by atoms with Crippen molar-refractivity contribution in [2.45, 2.75) is 32.9 Å². The van der Waals surface area contributed by atoms with Crippen molar-refractivity contribution in [3.63, 3.8) is 0 Å². The number of fused-ring (bicyclic) bond motifs is 1. The third kappa shape index (κ3) is 3.50. The molecule has 0 unspecified atom stereocenters. The van der Waals surface area contributed by atoms with Gasteiger partial charge in [0.1, 0.15) is 11.3 Å². The molecule has 2 aromatic rings. The number of para-hydroxylation sites is 1. The lowest BCUT2D eigenvalue weighted by Gasteiger charge is -2.30. The Labute approximate surface area is 146 Å². The van der Waals surface area contributed by atoms with Gasteiger partial charge in [-0.25, -0.2) is 4.79 Å². The Balaban J connectivity index is 1.67. The molecule has 3 rings (SSSR count). The smallest absolute Gasteiger partial charge is 0.342 e. The molecule has 1 aliphatic heterocycles. The van der Waals surface area contributed by atoms with Crippen LogP contribution in [0, 0.1) is 6.92 Å². The number of esters is 1. The van der Waals surface area contributed by atoms with E-state index in [2.05, 4.69) is 6.07 Å². The maximum Gasteiger partial charge on any atom is 0.342 e. The van der Waals surface area contributed by atoms with E-state index in [0.717, 1.165) is 12.0 Å². The second kappa shape index (κ2) is 6.97. The maximum atomic E-state index is 12.6. The van der Waals surface area contributed by atoms with E-state index in [1.54, 1.807) is 30.9 Å². The highest BCUT2D eigenvalue weighted by Crippen LogP contribution is 2.23. The Kier molecular flexibility index (Phi) is 4.74. The van der Waals surface area contributed by atoms with Crippen molar-refractivity contribution in [3.8, 4) is 5.75 Å². The number of benzene rings is 2. The first kappa shape index (κ1) is 17.0. The third-order valence-corrected chi connectivity index (χ3v) is 4.53. The average molecular weight is 339 g/mol. The minimum absolute atomic E-state index is 0.0728. The van der Waals surface area contributed by atoms with Gasteiger partial charge in [-0.05, 0) is 43.0 Å². The average Bonchev–Trinajstić information content (AvgIpc) is 2.62. The summed E-state index contributed by atoms with van der Waals surface area (Å²) < 4.78 is 5.29. The van der Waals surface area contributed by atoms with Gasteiger partial charge in [0.05, 0.1) is 0 Å². The molecule has 0 fully saturated rings. The van der Waals surface area contributed by atoms with E-state index in [1.165, 1.54) is 11.6 Å². The molecule has 0 saturated heterocycles. The molecule has 1 N–H and O–H groups in total. The zero-order chi connectivity index (χ0) is 18.0. The zero-order valence-corrected chi connectivity index (χ0v) is 14.4. The van der Waals surface area contributed by atoms with Crippen LogP contribution in [0.3, 0.4) is 0 Å². The summed E-state index contributed by atoms with van der Waals surface area (Å²) in [5, 5.41) is 9.98. The van der Waals surface area contributed by atoms with Gasteiger partial charge in [0.2, 0.25) is 0 Å². The van der Waals surface area contributed by atoms with Crippen molar-refractivity contribution in [2.75, 3.05) is 6.54 Å². The minimum Gasteiger partial charge on any atom is -0.507 e. The summed E-state index contributed by atoms with van der Waals surface area (Å²) in [6.45, 7) is 4.39. The van der Waals surface area contributed by atoms with E-state index in [-0.39, 0.29) is 17.2 Å². The molecule has 5 nitrogen and oxygen atoms in total. The van der Waals surface area contributed by atoms with Gasteiger partial charge in [-0.3, -0.25) is 4.79 Å². The number of hydrogen-bond donors (Lipinski definition) is 1. The van der Waals surface area contributed by atoms with Crippen molar-refractivity contribution >= 4 is 11.9 Å². The quantitative estimate of drug-likeness (QED) is 0.873. The number of amides is 1. The lowest BCUT2D eigenvalue weighted by Crippen LogP contribution is -2.42. The van der Waals surface area contributed by atoms with Crippen molar-refractivity contribution in [3.05, 3.63) is 64.7 Å². The first-order valence-corrected chi connectivity index (χ1v) is 8.32. The topological polar surface area (TPSA) is 66.8 Å². The van der Waals surface area contributed by atoms with Crippen molar-refractivity contribution in [1.29, 1.82) is 0 Å². The van der Waals surface area contributed by atoms with E-state index >= 15 is 0 Å². The fourth-order valence-corrected chi connectivity index (χ4v) is 3.04. The predicted octanol–water partition coefficient (Wildman–Crippen LogP) is 2.83. The van der Waals surface area contributed by atoms with Crippen LogP contribution in [-0.4, -0.2) is 34.5 Å². The number of carbonyl (C=O) groups excluding carboxylic acids is 2. The number of aryl methyl sites for hydroxylation is 1. The molecule has 5 heteroatoms. The number of aromatic hydroxyl groups is 1. The minimum atomic E-state index is -0.905. The van der Waals surface area contributed by atoms with Crippen LogP contribution in [0.25, 0.3) is 0 Å². The summed E-state index contributed by atoms with van der Waals surface area (Å²) in [5.41, 5.74) is 3.03. The normalized spacial score (nSPS) is 14.6. The molecule has 2 aromatic carbocycles. The predicted molar refractivity (Wildman–Crippen MR) is 93.3 cm³/mol. The Hall–Kier alpha value is -2.82. The number of ether oxygens (including phenoxy) is 1. The molecule has 1 amide bonds. The second-order valence-electron chi connectivity index (χ2n) is 6.30. The number of hydrogen-bond acceptors (Lipinski definition) is 4.